The summed E-state index contributed by atoms with van der Waals surface area (Å²) in [6, 6.07) is 7.50. The van der Waals surface area contributed by atoms with Crippen molar-refractivity contribution < 1.29 is 4.79 Å². The number of nitriles is 1. The average molecular weight is 425 g/mol. The van der Waals surface area contributed by atoms with E-state index >= 15 is 0 Å². The Morgan fingerprint density at radius 2 is 2.10 bits per heavy atom. The number of hydrogen-bond donors (Lipinski definition) is 2. The molecule has 3 heterocycles. The topological polar surface area (TPSA) is 93.4 Å². The monoisotopic (exact) mass is 424 g/mol. The van der Waals surface area contributed by atoms with Gasteiger partial charge in [0.15, 0.2) is 0 Å². The van der Waals surface area contributed by atoms with Crippen LogP contribution in [0.4, 0.5) is 5.69 Å². The molecular weight excluding hydrogens is 396 g/mol. The van der Waals surface area contributed by atoms with Crippen LogP contribution < -0.4 is 10.6 Å². The van der Waals surface area contributed by atoms with E-state index in [2.05, 4.69) is 20.6 Å². The Labute approximate surface area is 181 Å². The highest BCUT2D eigenvalue weighted by molar-refractivity contribution is 7.12. The molecule has 1 aliphatic heterocycles. The van der Waals surface area contributed by atoms with Crippen LogP contribution in [0.1, 0.15) is 48.2 Å². The van der Waals surface area contributed by atoms with E-state index in [0.717, 1.165) is 49.5 Å². The Bertz CT molecular complexity index is 846. The molecule has 0 aliphatic carbocycles. The number of anilines is 1. The fourth-order valence-corrected chi connectivity index (χ4v) is 4.35. The van der Waals surface area contributed by atoms with E-state index in [0.29, 0.717) is 11.9 Å². The number of aromatic nitrogens is 1. The normalized spacial score (nSPS) is 16.3. The van der Waals surface area contributed by atoms with Crippen molar-refractivity contribution in [1.82, 2.24) is 15.2 Å². The zero-order chi connectivity index (χ0) is 21.0. The molecule has 30 heavy (non-hydrogen) atoms. The van der Waals surface area contributed by atoms with Gasteiger partial charge in [0.25, 0.3) is 5.91 Å². The van der Waals surface area contributed by atoms with Crippen LogP contribution in [0.25, 0.3) is 0 Å². The van der Waals surface area contributed by atoms with Crippen LogP contribution in [0.5, 0.6) is 0 Å². The van der Waals surface area contributed by atoms with Gasteiger partial charge in [0, 0.05) is 37.7 Å². The van der Waals surface area contributed by atoms with Gasteiger partial charge in [0.2, 0.25) is 12.2 Å². The van der Waals surface area contributed by atoms with Gasteiger partial charge >= 0.3 is 0 Å². The first-order chi connectivity index (χ1) is 14.8. The van der Waals surface area contributed by atoms with Gasteiger partial charge < -0.3 is 15.5 Å². The van der Waals surface area contributed by atoms with Gasteiger partial charge in [-0.2, -0.15) is 5.26 Å². The summed E-state index contributed by atoms with van der Waals surface area (Å²) in [5.74, 6) is 1.28. The van der Waals surface area contributed by atoms with Crippen LogP contribution in [0, 0.1) is 17.4 Å². The van der Waals surface area contributed by atoms with Crippen molar-refractivity contribution in [3.05, 3.63) is 46.9 Å². The summed E-state index contributed by atoms with van der Waals surface area (Å²) >= 11 is 1.52. The van der Waals surface area contributed by atoms with Crippen molar-refractivity contribution in [3.63, 3.8) is 0 Å². The maximum atomic E-state index is 12.4. The predicted octanol–water partition coefficient (Wildman–Crippen LogP) is 4.09. The van der Waals surface area contributed by atoms with E-state index in [4.69, 9.17) is 5.26 Å². The first-order valence-corrected chi connectivity index (χ1v) is 11.3. The van der Waals surface area contributed by atoms with Crippen molar-refractivity contribution in [1.29, 1.82) is 5.26 Å². The van der Waals surface area contributed by atoms with Gasteiger partial charge in [-0.25, -0.2) is 0 Å². The molecule has 0 bridgehead atoms. The highest BCUT2D eigenvalue weighted by Gasteiger charge is 2.26. The zero-order valence-electron chi connectivity index (χ0n) is 17.1. The Morgan fingerprint density at radius 1 is 1.27 bits per heavy atom. The molecule has 3 rings (SSSR count). The Kier molecular flexibility index (Phi) is 8.66. The lowest BCUT2D eigenvalue weighted by Gasteiger charge is -2.15. The largest absolute Gasteiger partial charge is 0.355 e. The fourth-order valence-electron chi connectivity index (χ4n) is 3.66. The van der Waals surface area contributed by atoms with Crippen molar-refractivity contribution in [2.75, 3.05) is 25.0 Å². The zero-order valence-corrected chi connectivity index (χ0v) is 17.9. The summed E-state index contributed by atoms with van der Waals surface area (Å²) < 4.78 is 0. The first-order valence-electron chi connectivity index (χ1n) is 10.5. The van der Waals surface area contributed by atoms with Gasteiger partial charge in [-0.3, -0.25) is 9.78 Å². The van der Waals surface area contributed by atoms with Crippen molar-refractivity contribution >= 4 is 28.9 Å². The Balaban J connectivity index is 1.25. The molecule has 1 saturated heterocycles. The minimum absolute atomic E-state index is 0.189. The van der Waals surface area contributed by atoms with Crippen LogP contribution in [-0.2, 0) is 0 Å². The Morgan fingerprint density at radius 3 is 2.87 bits per heavy atom. The average Bonchev–Trinajstić information content (AvgIpc) is 3.46. The van der Waals surface area contributed by atoms with E-state index in [1.807, 2.05) is 40.7 Å². The number of guanidine groups is 1. The summed E-state index contributed by atoms with van der Waals surface area (Å²) in [5, 5.41) is 17.1. The number of thiophene rings is 1. The van der Waals surface area contributed by atoms with E-state index in [1.165, 1.54) is 30.6 Å². The molecular formula is C22H28N6OS. The third kappa shape index (κ3) is 6.85. The van der Waals surface area contributed by atoms with Crippen LogP contribution in [0.15, 0.2) is 47.0 Å². The van der Waals surface area contributed by atoms with E-state index < -0.39 is 0 Å². The highest BCUT2D eigenvalue weighted by Crippen LogP contribution is 2.24. The number of unbranched alkanes of at least 4 members (excludes halogenated alkanes) is 3. The smallest absolute Gasteiger partial charge is 0.263 e. The lowest BCUT2D eigenvalue weighted by atomic mass is 10.00. The summed E-state index contributed by atoms with van der Waals surface area (Å²) in [4.78, 5) is 23.0. The van der Waals surface area contributed by atoms with Crippen LogP contribution in [0.2, 0.25) is 0 Å². The van der Waals surface area contributed by atoms with Gasteiger partial charge in [-0.15, -0.1) is 16.3 Å². The number of pyridine rings is 1. The fraction of sp³-hybridized carbons (Fsp3) is 0.455. The molecule has 1 unspecified atom stereocenters. The highest BCUT2D eigenvalue weighted by atomic mass is 32.1. The summed E-state index contributed by atoms with van der Waals surface area (Å²) in [7, 11) is 0. The maximum Gasteiger partial charge on any atom is 0.263 e. The second-order valence-corrected chi connectivity index (χ2v) is 8.38. The molecule has 1 amide bonds. The Hall–Kier alpha value is -2.92. The number of carbonyl (C=O) groups excluding carboxylic acids is 1. The number of aliphatic imine (C=N–C) groups is 1. The molecule has 2 aromatic rings. The molecule has 1 fully saturated rings. The molecule has 0 spiro atoms. The van der Waals surface area contributed by atoms with Crippen molar-refractivity contribution in [2.24, 2.45) is 10.9 Å². The molecule has 0 radical (unpaired) electrons. The van der Waals surface area contributed by atoms with Crippen molar-refractivity contribution in [2.45, 2.75) is 38.5 Å². The van der Waals surface area contributed by atoms with Gasteiger partial charge in [0.1, 0.15) is 0 Å². The third-order valence-corrected chi connectivity index (χ3v) is 6.10. The lowest BCUT2D eigenvalue weighted by molar-refractivity contribution is 0.0791. The quantitative estimate of drug-likeness (QED) is 0.274. The maximum absolute atomic E-state index is 12.4. The van der Waals surface area contributed by atoms with E-state index in [-0.39, 0.29) is 5.91 Å². The minimum atomic E-state index is 0.189. The van der Waals surface area contributed by atoms with Crippen LogP contribution in [-0.4, -0.2) is 41.4 Å². The van der Waals surface area contributed by atoms with Crippen LogP contribution >= 0.6 is 11.3 Å². The molecule has 2 N–H and O–H groups in total. The molecule has 1 atom stereocenters. The third-order valence-electron chi connectivity index (χ3n) is 5.24. The van der Waals surface area contributed by atoms with Gasteiger partial charge in [-0.05, 0) is 48.8 Å². The number of carbonyl (C=O) groups is 1. The molecule has 158 valence electrons. The SMILES string of the molecule is N#C/N=C(/NCCCCCCC1CCN(C(=O)c2cccs2)C1)Nc1ccncc1. The second-order valence-electron chi connectivity index (χ2n) is 7.43. The number of nitrogens with zero attached hydrogens (tertiary/aromatic N) is 4. The predicted molar refractivity (Wildman–Crippen MR) is 120 cm³/mol. The molecule has 7 nitrogen and oxygen atoms in total. The number of rotatable bonds is 9. The number of amides is 1. The van der Waals surface area contributed by atoms with Crippen molar-refractivity contribution in [3.8, 4) is 6.19 Å². The van der Waals surface area contributed by atoms with E-state index in [9.17, 15) is 4.79 Å². The van der Waals surface area contributed by atoms with Gasteiger partial charge in [0.05, 0.1) is 4.88 Å². The molecule has 1 aliphatic rings. The van der Waals surface area contributed by atoms with Gasteiger partial charge in [-0.1, -0.05) is 25.3 Å². The summed E-state index contributed by atoms with van der Waals surface area (Å²) in [5.41, 5.74) is 0.842. The first kappa shape index (κ1) is 21.8. The van der Waals surface area contributed by atoms with E-state index in [1.54, 1.807) is 12.4 Å². The summed E-state index contributed by atoms with van der Waals surface area (Å²) in [6.07, 6.45) is 12.0. The minimum Gasteiger partial charge on any atom is -0.355 e. The molecule has 2 aromatic heterocycles. The second kappa shape index (κ2) is 11.9. The number of likely N-dealkylation sites (tertiary alicyclic amines) is 1. The number of hydrogen-bond acceptors (Lipinski definition) is 5. The molecule has 0 aromatic carbocycles. The summed E-state index contributed by atoms with van der Waals surface area (Å²) in [6.45, 7) is 2.55. The number of nitrogens with one attached hydrogen (secondary N) is 2. The molecule has 8 heteroatoms. The standard InChI is InChI=1S/C22H28N6OS/c23-17-26-22(27-19-8-12-24-13-9-19)25-11-4-2-1-3-6-18-10-14-28(16-18)21(29)20-7-5-15-30-20/h5,7-9,12-13,15,18H,1-4,6,10-11,14,16H2,(H2,24,25,26,27). The lowest BCUT2D eigenvalue weighted by Crippen LogP contribution is -2.31. The van der Waals surface area contributed by atoms with Crippen LogP contribution in [0.3, 0.4) is 0 Å². The molecule has 0 saturated carbocycles.